The fourth-order valence-corrected chi connectivity index (χ4v) is 3.99. The van der Waals surface area contributed by atoms with E-state index in [0.717, 1.165) is 19.6 Å². The van der Waals surface area contributed by atoms with Gasteiger partial charge in [-0.05, 0) is 44.0 Å². The SMILES string of the molecule is CC(Cc1ccccc1F)C(=O)N1CCN(C(=O)CCN2CCCC2)CC1. The van der Waals surface area contributed by atoms with Crippen LogP contribution in [-0.2, 0) is 16.0 Å². The molecule has 0 aromatic heterocycles. The molecule has 2 heterocycles. The Morgan fingerprint density at radius 2 is 1.63 bits per heavy atom. The van der Waals surface area contributed by atoms with Gasteiger partial charge in [-0.25, -0.2) is 4.39 Å². The number of rotatable bonds is 6. The number of carbonyl (C=O) groups is 2. The number of hydrogen-bond donors (Lipinski definition) is 0. The average Bonchev–Trinajstić information content (AvgIpc) is 3.21. The number of piperazine rings is 1. The summed E-state index contributed by atoms with van der Waals surface area (Å²) in [6.45, 7) is 7.23. The van der Waals surface area contributed by atoms with Crippen molar-refractivity contribution in [3.05, 3.63) is 35.6 Å². The van der Waals surface area contributed by atoms with Gasteiger partial charge in [0.25, 0.3) is 0 Å². The van der Waals surface area contributed by atoms with Crippen molar-refractivity contribution in [2.24, 2.45) is 5.92 Å². The van der Waals surface area contributed by atoms with Crippen LogP contribution in [-0.4, -0.2) is 72.3 Å². The maximum Gasteiger partial charge on any atom is 0.225 e. The lowest BCUT2D eigenvalue weighted by atomic mass is 9.99. The number of carbonyl (C=O) groups excluding carboxylic acids is 2. The summed E-state index contributed by atoms with van der Waals surface area (Å²) in [6.07, 6.45) is 3.44. The molecule has 0 saturated carbocycles. The van der Waals surface area contributed by atoms with Gasteiger partial charge in [-0.1, -0.05) is 25.1 Å². The molecule has 0 spiro atoms. The molecule has 2 aliphatic rings. The first-order valence-corrected chi connectivity index (χ1v) is 10.1. The van der Waals surface area contributed by atoms with Gasteiger partial charge in [-0.15, -0.1) is 0 Å². The van der Waals surface area contributed by atoms with Crippen molar-refractivity contribution < 1.29 is 14.0 Å². The molecule has 6 heteroatoms. The fraction of sp³-hybridized carbons (Fsp3) is 0.619. The van der Waals surface area contributed by atoms with Crippen LogP contribution in [0.2, 0.25) is 0 Å². The number of nitrogens with zero attached hydrogens (tertiary/aromatic N) is 3. The van der Waals surface area contributed by atoms with Crippen LogP contribution in [0.4, 0.5) is 4.39 Å². The Morgan fingerprint density at radius 1 is 1.00 bits per heavy atom. The van der Waals surface area contributed by atoms with Crippen molar-refractivity contribution in [3.63, 3.8) is 0 Å². The second kappa shape index (κ2) is 9.31. The molecular formula is C21H30FN3O2. The summed E-state index contributed by atoms with van der Waals surface area (Å²) >= 11 is 0. The van der Waals surface area contributed by atoms with E-state index >= 15 is 0 Å². The molecule has 1 aromatic rings. The maximum atomic E-state index is 13.8. The van der Waals surface area contributed by atoms with Gasteiger partial charge in [0.1, 0.15) is 5.82 Å². The highest BCUT2D eigenvalue weighted by Gasteiger charge is 2.27. The highest BCUT2D eigenvalue weighted by atomic mass is 19.1. The average molecular weight is 375 g/mol. The summed E-state index contributed by atoms with van der Waals surface area (Å²) < 4.78 is 13.8. The first-order chi connectivity index (χ1) is 13.0. The van der Waals surface area contributed by atoms with Crippen LogP contribution in [0.3, 0.4) is 0 Å². The Balaban J connectivity index is 1.43. The van der Waals surface area contributed by atoms with Gasteiger partial charge in [-0.2, -0.15) is 0 Å². The summed E-state index contributed by atoms with van der Waals surface area (Å²) in [7, 11) is 0. The molecule has 2 saturated heterocycles. The van der Waals surface area contributed by atoms with Crippen LogP contribution in [0.15, 0.2) is 24.3 Å². The minimum Gasteiger partial charge on any atom is -0.339 e. The fourth-order valence-electron chi connectivity index (χ4n) is 3.99. The Labute approximate surface area is 161 Å². The highest BCUT2D eigenvalue weighted by Crippen LogP contribution is 2.16. The lowest BCUT2D eigenvalue weighted by molar-refractivity contribution is -0.141. The first kappa shape index (κ1) is 19.8. The summed E-state index contributed by atoms with van der Waals surface area (Å²) in [5.74, 6) is -0.291. The predicted molar refractivity (Wildman–Crippen MR) is 103 cm³/mol. The van der Waals surface area contributed by atoms with Crippen molar-refractivity contribution in [3.8, 4) is 0 Å². The third kappa shape index (κ3) is 5.28. The predicted octanol–water partition coefficient (Wildman–Crippen LogP) is 2.16. The van der Waals surface area contributed by atoms with E-state index in [4.69, 9.17) is 0 Å². The molecule has 3 rings (SSSR count). The Bertz CT molecular complexity index is 653. The number of halogens is 1. The maximum absolute atomic E-state index is 13.8. The van der Waals surface area contributed by atoms with E-state index in [1.54, 1.807) is 18.2 Å². The molecular weight excluding hydrogens is 345 g/mol. The van der Waals surface area contributed by atoms with Crippen LogP contribution in [0.5, 0.6) is 0 Å². The largest absolute Gasteiger partial charge is 0.339 e. The zero-order valence-corrected chi connectivity index (χ0v) is 16.2. The summed E-state index contributed by atoms with van der Waals surface area (Å²) in [5, 5.41) is 0. The molecule has 1 aromatic carbocycles. The molecule has 0 bridgehead atoms. The van der Waals surface area contributed by atoms with E-state index in [0.29, 0.717) is 44.6 Å². The quantitative estimate of drug-likeness (QED) is 0.765. The molecule has 2 fully saturated rings. The first-order valence-electron chi connectivity index (χ1n) is 10.1. The zero-order valence-electron chi connectivity index (χ0n) is 16.2. The number of hydrogen-bond acceptors (Lipinski definition) is 3. The number of benzene rings is 1. The smallest absolute Gasteiger partial charge is 0.225 e. The van der Waals surface area contributed by atoms with Crippen LogP contribution in [0.1, 0.15) is 31.7 Å². The monoisotopic (exact) mass is 375 g/mol. The molecule has 0 radical (unpaired) electrons. The van der Waals surface area contributed by atoms with E-state index in [9.17, 15) is 14.0 Å². The lowest BCUT2D eigenvalue weighted by Crippen LogP contribution is -2.52. The van der Waals surface area contributed by atoms with Crippen LogP contribution < -0.4 is 0 Å². The van der Waals surface area contributed by atoms with Crippen molar-refractivity contribution in [1.29, 1.82) is 0 Å². The second-order valence-electron chi connectivity index (χ2n) is 7.70. The zero-order chi connectivity index (χ0) is 19.2. The van der Waals surface area contributed by atoms with E-state index in [-0.39, 0.29) is 23.5 Å². The highest BCUT2D eigenvalue weighted by molar-refractivity contribution is 5.80. The molecule has 1 atom stereocenters. The van der Waals surface area contributed by atoms with Crippen molar-refractivity contribution >= 4 is 11.8 Å². The molecule has 0 aliphatic carbocycles. The molecule has 148 valence electrons. The summed E-state index contributed by atoms with van der Waals surface area (Å²) in [4.78, 5) is 31.1. The molecule has 1 unspecified atom stereocenters. The van der Waals surface area contributed by atoms with E-state index < -0.39 is 0 Å². The van der Waals surface area contributed by atoms with E-state index in [2.05, 4.69) is 4.90 Å². The summed E-state index contributed by atoms with van der Waals surface area (Å²) in [5.41, 5.74) is 0.578. The van der Waals surface area contributed by atoms with Crippen molar-refractivity contribution in [2.45, 2.75) is 32.6 Å². The van der Waals surface area contributed by atoms with E-state index in [1.165, 1.54) is 18.9 Å². The lowest BCUT2D eigenvalue weighted by Gasteiger charge is -2.36. The van der Waals surface area contributed by atoms with Gasteiger partial charge in [0.15, 0.2) is 0 Å². The Kier molecular flexibility index (Phi) is 6.83. The van der Waals surface area contributed by atoms with Crippen molar-refractivity contribution in [2.75, 3.05) is 45.8 Å². The third-order valence-corrected chi connectivity index (χ3v) is 5.69. The van der Waals surface area contributed by atoms with Gasteiger partial charge in [0, 0.05) is 45.1 Å². The van der Waals surface area contributed by atoms with Gasteiger partial charge >= 0.3 is 0 Å². The number of likely N-dealkylation sites (tertiary alicyclic amines) is 1. The van der Waals surface area contributed by atoms with Crippen LogP contribution in [0.25, 0.3) is 0 Å². The molecule has 27 heavy (non-hydrogen) atoms. The third-order valence-electron chi connectivity index (χ3n) is 5.69. The molecule has 0 N–H and O–H groups in total. The normalized spacial score (nSPS) is 19.3. The second-order valence-corrected chi connectivity index (χ2v) is 7.70. The summed E-state index contributed by atoms with van der Waals surface area (Å²) in [6, 6.07) is 6.61. The number of amides is 2. The van der Waals surface area contributed by atoms with Gasteiger partial charge in [-0.3, -0.25) is 9.59 Å². The molecule has 2 amide bonds. The Morgan fingerprint density at radius 3 is 2.30 bits per heavy atom. The van der Waals surface area contributed by atoms with Crippen molar-refractivity contribution in [1.82, 2.24) is 14.7 Å². The van der Waals surface area contributed by atoms with E-state index in [1.807, 2.05) is 16.7 Å². The minimum absolute atomic E-state index is 0.0439. The Hall–Kier alpha value is -1.95. The van der Waals surface area contributed by atoms with Gasteiger partial charge < -0.3 is 14.7 Å². The molecule has 2 aliphatic heterocycles. The standard InChI is InChI=1S/C21H30FN3O2/c1-17(16-18-6-2-3-7-19(18)22)21(27)25-14-12-24(13-15-25)20(26)8-11-23-9-4-5-10-23/h2-3,6-7,17H,4-5,8-16H2,1H3. The van der Waals surface area contributed by atoms with Crippen LogP contribution >= 0.6 is 0 Å². The topological polar surface area (TPSA) is 43.9 Å². The van der Waals surface area contributed by atoms with Crippen LogP contribution in [0, 0.1) is 11.7 Å². The van der Waals surface area contributed by atoms with Gasteiger partial charge in [0.2, 0.25) is 11.8 Å². The van der Waals surface area contributed by atoms with Gasteiger partial charge in [0.05, 0.1) is 0 Å². The minimum atomic E-state index is -0.265. The molecule has 5 nitrogen and oxygen atoms in total.